The zero-order valence-electron chi connectivity index (χ0n) is 19.1. The van der Waals surface area contributed by atoms with E-state index in [0.717, 1.165) is 21.7 Å². The molecule has 0 aliphatic rings. The van der Waals surface area contributed by atoms with Gasteiger partial charge in [-0.15, -0.1) is 0 Å². The molecule has 1 N–H and O–H groups in total. The van der Waals surface area contributed by atoms with E-state index in [1.54, 1.807) is 6.92 Å². The van der Waals surface area contributed by atoms with Gasteiger partial charge in [-0.3, -0.25) is 13.9 Å². The molecule has 2 amide bonds. The largest absolute Gasteiger partial charge is 0.355 e. The summed E-state index contributed by atoms with van der Waals surface area (Å²) < 4.78 is 26.1. The molecule has 1 atom stereocenters. The molecule has 0 aliphatic carbocycles. The van der Waals surface area contributed by atoms with E-state index >= 15 is 0 Å². The number of hydrogen-bond acceptors (Lipinski definition) is 4. The molecule has 0 saturated heterocycles. The molecule has 0 aromatic heterocycles. The molecule has 2 rings (SSSR count). The number of rotatable bonds is 10. The van der Waals surface area contributed by atoms with Crippen molar-refractivity contribution >= 4 is 50.7 Å². The first-order valence-electron chi connectivity index (χ1n) is 10.5. The van der Waals surface area contributed by atoms with E-state index in [1.807, 2.05) is 38.1 Å². The van der Waals surface area contributed by atoms with Crippen LogP contribution in [0.2, 0.25) is 10.0 Å². The lowest BCUT2D eigenvalue weighted by atomic mass is 10.1. The fourth-order valence-corrected chi connectivity index (χ4v) is 4.83. The number of carbonyl (C=O) groups is 2. The Labute approximate surface area is 205 Å². The molecule has 0 fully saturated rings. The molecule has 0 aliphatic heterocycles. The van der Waals surface area contributed by atoms with Crippen LogP contribution in [0.15, 0.2) is 42.5 Å². The maximum atomic E-state index is 13.5. The van der Waals surface area contributed by atoms with Crippen molar-refractivity contribution in [2.24, 2.45) is 0 Å². The lowest BCUT2D eigenvalue weighted by Gasteiger charge is -2.33. The van der Waals surface area contributed by atoms with E-state index in [0.29, 0.717) is 13.0 Å². The highest BCUT2D eigenvalue weighted by Crippen LogP contribution is 2.27. The number of sulfonamides is 1. The fraction of sp³-hybridized carbons (Fsp3) is 0.391. The van der Waals surface area contributed by atoms with Crippen LogP contribution in [0, 0.1) is 6.92 Å². The quantitative estimate of drug-likeness (QED) is 0.519. The summed E-state index contributed by atoms with van der Waals surface area (Å²) in [6.07, 6.45) is 1.37. The molecule has 180 valence electrons. The van der Waals surface area contributed by atoms with Gasteiger partial charge in [-0.2, -0.15) is 0 Å². The van der Waals surface area contributed by atoms with E-state index in [2.05, 4.69) is 5.32 Å². The smallest absolute Gasteiger partial charge is 0.244 e. The van der Waals surface area contributed by atoms with Gasteiger partial charge in [0.15, 0.2) is 0 Å². The number of hydrogen-bond donors (Lipinski definition) is 1. The summed E-state index contributed by atoms with van der Waals surface area (Å²) in [5.74, 6) is -0.809. The second kappa shape index (κ2) is 11.7. The van der Waals surface area contributed by atoms with Crippen molar-refractivity contribution in [2.45, 2.75) is 39.8 Å². The van der Waals surface area contributed by atoms with Crippen molar-refractivity contribution in [1.82, 2.24) is 10.2 Å². The molecule has 0 saturated carbocycles. The number of halogens is 2. The number of carbonyl (C=O) groups excluding carboxylic acids is 2. The van der Waals surface area contributed by atoms with Crippen molar-refractivity contribution in [3.8, 4) is 0 Å². The van der Waals surface area contributed by atoms with Gasteiger partial charge in [-0.25, -0.2) is 8.42 Å². The van der Waals surface area contributed by atoms with E-state index < -0.39 is 28.5 Å². The van der Waals surface area contributed by atoms with Crippen molar-refractivity contribution in [3.63, 3.8) is 0 Å². The van der Waals surface area contributed by atoms with Crippen LogP contribution >= 0.6 is 23.2 Å². The van der Waals surface area contributed by atoms with Crippen LogP contribution in [0.25, 0.3) is 0 Å². The van der Waals surface area contributed by atoms with Crippen LogP contribution in [0.3, 0.4) is 0 Å². The first-order chi connectivity index (χ1) is 15.5. The maximum absolute atomic E-state index is 13.5. The zero-order valence-corrected chi connectivity index (χ0v) is 21.5. The van der Waals surface area contributed by atoms with E-state index in [1.165, 1.54) is 23.1 Å². The maximum Gasteiger partial charge on any atom is 0.244 e. The predicted molar refractivity (Wildman–Crippen MR) is 133 cm³/mol. The summed E-state index contributed by atoms with van der Waals surface area (Å²) in [5, 5.41) is 3.24. The van der Waals surface area contributed by atoms with Gasteiger partial charge in [0.2, 0.25) is 21.8 Å². The van der Waals surface area contributed by atoms with Crippen LogP contribution in [-0.4, -0.2) is 50.5 Å². The number of benzene rings is 2. The van der Waals surface area contributed by atoms with Gasteiger partial charge in [0, 0.05) is 23.1 Å². The monoisotopic (exact) mass is 513 g/mol. The van der Waals surface area contributed by atoms with Crippen LogP contribution in [0.5, 0.6) is 0 Å². The molecule has 0 unspecified atom stereocenters. The molecular formula is C23H29Cl2N3O4S. The number of amides is 2. The Morgan fingerprint density at radius 3 is 2.18 bits per heavy atom. The number of anilines is 1. The first-order valence-corrected chi connectivity index (χ1v) is 13.1. The third-order valence-corrected chi connectivity index (χ3v) is 6.73. The van der Waals surface area contributed by atoms with Crippen molar-refractivity contribution in [2.75, 3.05) is 23.7 Å². The van der Waals surface area contributed by atoms with Crippen LogP contribution in [-0.2, 0) is 26.2 Å². The van der Waals surface area contributed by atoms with Crippen molar-refractivity contribution < 1.29 is 18.0 Å². The molecule has 10 heteroatoms. The molecule has 0 spiro atoms. The lowest BCUT2D eigenvalue weighted by Crippen LogP contribution is -2.52. The van der Waals surface area contributed by atoms with Crippen LogP contribution in [0.4, 0.5) is 5.69 Å². The van der Waals surface area contributed by atoms with Gasteiger partial charge in [-0.05, 0) is 49.6 Å². The molecule has 0 radical (unpaired) electrons. The van der Waals surface area contributed by atoms with Gasteiger partial charge < -0.3 is 10.2 Å². The van der Waals surface area contributed by atoms with Crippen molar-refractivity contribution in [3.05, 3.63) is 63.6 Å². The predicted octanol–water partition coefficient (Wildman–Crippen LogP) is 4.01. The molecule has 0 bridgehead atoms. The first kappa shape index (κ1) is 27.0. The second-order valence-electron chi connectivity index (χ2n) is 7.66. The summed E-state index contributed by atoms with van der Waals surface area (Å²) in [6, 6.07) is 11.1. The Kier molecular flexibility index (Phi) is 9.57. The summed E-state index contributed by atoms with van der Waals surface area (Å²) >= 11 is 12.1. The topological polar surface area (TPSA) is 86.8 Å². The minimum absolute atomic E-state index is 0.162. The summed E-state index contributed by atoms with van der Waals surface area (Å²) in [7, 11) is -3.86. The third kappa shape index (κ3) is 7.35. The molecule has 2 aromatic carbocycles. The average molecular weight is 514 g/mol. The molecule has 33 heavy (non-hydrogen) atoms. The average Bonchev–Trinajstić information content (AvgIpc) is 2.71. The lowest BCUT2D eigenvalue weighted by molar-refractivity contribution is -0.140. The number of nitrogens with one attached hydrogen (secondary N) is 1. The summed E-state index contributed by atoms with van der Waals surface area (Å²) in [5.41, 5.74) is 2.00. The van der Waals surface area contributed by atoms with Gasteiger partial charge >= 0.3 is 0 Å². The number of likely N-dealkylation sites (N-methyl/N-ethyl adjacent to an activating group) is 1. The Hall–Kier alpha value is -2.29. The summed E-state index contributed by atoms with van der Waals surface area (Å²) in [4.78, 5) is 27.7. The van der Waals surface area contributed by atoms with Gasteiger partial charge in [0.25, 0.3) is 0 Å². The number of nitrogens with zero attached hydrogens (tertiary/aromatic N) is 2. The summed E-state index contributed by atoms with van der Waals surface area (Å²) in [6.45, 7) is 5.60. The van der Waals surface area contributed by atoms with Crippen LogP contribution in [0.1, 0.15) is 31.4 Å². The Balaban J connectivity index is 2.48. The van der Waals surface area contributed by atoms with E-state index in [-0.39, 0.29) is 28.2 Å². The van der Waals surface area contributed by atoms with Crippen molar-refractivity contribution in [1.29, 1.82) is 0 Å². The fourth-order valence-electron chi connectivity index (χ4n) is 3.48. The standard InChI is InChI=1S/C23H29Cl2N3O4S/c1-5-21(23(30)26-6-2)27(14-17-10-8-7-9-16(17)3)22(29)15-28(33(4,31)32)20-12-18(24)11-19(25)13-20/h7-13,21H,5-6,14-15H2,1-4H3,(H,26,30)/t21-/m1/s1. The Bertz CT molecular complexity index is 1090. The molecule has 2 aromatic rings. The number of aryl methyl sites for hydroxylation is 1. The normalized spacial score (nSPS) is 12.2. The van der Waals surface area contributed by atoms with Crippen LogP contribution < -0.4 is 9.62 Å². The Morgan fingerprint density at radius 2 is 1.67 bits per heavy atom. The van der Waals surface area contributed by atoms with Gasteiger partial charge in [0.1, 0.15) is 12.6 Å². The molecule has 7 nitrogen and oxygen atoms in total. The molecular weight excluding hydrogens is 485 g/mol. The highest BCUT2D eigenvalue weighted by atomic mass is 35.5. The van der Waals surface area contributed by atoms with Gasteiger partial charge in [-0.1, -0.05) is 54.4 Å². The zero-order chi connectivity index (χ0) is 24.8. The van der Waals surface area contributed by atoms with E-state index in [9.17, 15) is 18.0 Å². The van der Waals surface area contributed by atoms with E-state index in [4.69, 9.17) is 23.2 Å². The minimum Gasteiger partial charge on any atom is -0.355 e. The third-order valence-electron chi connectivity index (χ3n) is 5.15. The Morgan fingerprint density at radius 1 is 1.06 bits per heavy atom. The molecule has 0 heterocycles. The highest BCUT2D eigenvalue weighted by Gasteiger charge is 2.31. The second-order valence-corrected chi connectivity index (χ2v) is 10.4. The van der Waals surface area contributed by atoms with Gasteiger partial charge in [0.05, 0.1) is 11.9 Å². The SMILES string of the molecule is CCNC(=O)[C@@H](CC)N(Cc1ccccc1C)C(=O)CN(c1cc(Cl)cc(Cl)c1)S(C)(=O)=O. The minimum atomic E-state index is -3.86. The highest BCUT2D eigenvalue weighted by molar-refractivity contribution is 7.92.